The maximum Gasteiger partial charge on any atom is 0.255 e. The highest BCUT2D eigenvalue weighted by Gasteiger charge is 2.33. The molecule has 4 N–H and O–H groups in total. The zero-order valence-corrected chi connectivity index (χ0v) is 16.2. The summed E-state index contributed by atoms with van der Waals surface area (Å²) in [6.07, 6.45) is 5.13. The van der Waals surface area contributed by atoms with E-state index in [1.54, 1.807) is 18.2 Å². The lowest BCUT2D eigenvalue weighted by molar-refractivity contribution is -0.123. The maximum absolute atomic E-state index is 12.3. The lowest BCUT2D eigenvalue weighted by atomic mass is 9.97. The molecule has 2 rings (SSSR count). The Morgan fingerprint density at radius 2 is 1.92 bits per heavy atom. The molecule has 0 atom stereocenters. The first-order valence-corrected chi connectivity index (χ1v) is 9.11. The van der Waals surface area contributed by atoms with Gasteiger partial charge in [0.1, 0.15) is 5.75 Å². The highest BCUT2D eigenvalue weighted by atomic mass is 35.5. The summed E-state index contributed by atoms with van der Waals surface area (Å²) in [5, 5.41) is 5.94. The Hall–Kier alpha value is -1.79. The third kappa shape index (κ3) is 6.18. The molecule has 0 unspecified atom stereocenters. The van der Waals surface area contributed by atoms with Crippen molar-refractivity contribution in [1.29, 1.82) is 0 Å². The van der Waals surface area contributed by atoms with Gasteiger partial charge >= 0.3 is 0 Å². The topological polar surface area (TPSA) is 93.4 Å². The first-order valence-electron chi connectivity index (χ1n) is 9.11. The molecule has 6 nitrogen and oxygen atoms in total. The van der Waals surface area contributed by atoms with Crippen LogP contribution in [0.25, 0.3) is 0 Å². The Kier molecular flexibility index (Phi) is 9.44. The molecule has 0 bridgehead atoms. The number of carbonyl (C=O) groups excluding carboxylic acids is 2. The Morgan fingerprint density at radius 1 is 1.23 bits per heavy atom. The predicted molar refractivity (Wildman–Crippen MR) is 105 cm³/mol. The largest absolute Gasteiger partial charge is 0.493 e. The van der Waals surface area contributed by atoms with Gasteiger partial charge in [0.05, 0.1) is 17.7 Å². The Bertz CT molecular complexity index is 589. The molecule has 0 radical (unpaired) electrons. The number of nitrogens with two attached hydrogens (primary N) is 1. The van der Waals surface area contributed by atoms with Crippen molar-refractivity contribution in [3.8, 4) is 5.75 Å². The Balaban J connectivity index is 0.00000338. The van der Waals surface area contributed by atoms with E-state index in [0.29, 0.717) is 43.9 Å². The van der Waals surface area contributed by atoms with E-state index in [4.69, 9.17) is 10.5 Å². The highest BCUT2D eigenvalue weighted by molar-refractivity contribution is 5.96. The molecule has 0 aliphatic heterocycles. The van der Waals surface area contributed by atoms with E-state index in [1.807, 2.05) is 13.0 Å². The summed E-state index contributed by atoms with van der Waals surface area (Å²) in [4.78, 5) is 24.4. The smallest absolute Gasteiger partial charge is 0.255 e. The number of rotatable bonds is 9. The summed E-state index contributed by atoms with van der Waals surface area (Å²) in [6, 6.07) is 7.15. The molecule has 0 heterocycles. The van der Waals surface area contributed by atoms with Crippen LogP contribution in [0, 0.1) is 0 Å². The second-order valence-electron chi connectivity index (χ2n) is 6.53. The van der Waals surface area contributed by atoms with Crippen LogP contribution in [-0.2, 0) is 4.79 Å². The first-order chi connectivity index (χ1) is 12.1. The summed E-state index contributed by atoms with van der Waals surface area (Å²) in [5.41, 5.74) is 6.14. The van der Waals surface area contributed by atoms with Crippen LogP contribution in [0.4, 0.5) is 0 Å². The first kappa shape index (κ1) is 22.3. The van der Waals surface area contributed by atoms with Gasteiger partial charge in [-0.1, -0.05) is 25.0 Å². The predicted octanol–water partition coefficient (Wildman–Crippen LogP) is 2.40. The zero-order valence-electron chi connectivity index (χ0n) is 15.4. The maximum atomic E-state index is 12.3. The van der Waals surface area contributed by atoms with Crippen molar-refractivity contribution in [2.45, 2.75) is 51.0 Å². The van der Waals surface area contributed by atoms with Gasteiger partial charge in [0.2, 0.25) is 5.91 Å². The monoisotopic (exact) mass is 383 g/mol. The molecule has 1 saturated carbocycles. The van der Waals surface area contributed by atoms with E-state index >= 15 is 0 Å². The lowest BCUT2D eigenvalue weighted by Gasteiger charge is -2.28. The van der Waals surface area contributed by atoms with Gasteiger partial charge in [-0.05, 0) is 38.3 Å². The number of amides is 2. The number of nitrogens with one attached hydrogen (secondary N) is 2. The van der Waals surface area contributed by atoms with Gasteiger partial charge in [0.15, 0.2) is 0 Å². The van der Waals surface area contributed by atoms with Crippen LogP contribution in [0.5, 0.6) is 5.75 Å². The van der Waals surface area contributed by atoms with Crippen molar-refractivity contribution in [2.24, 2.45) is 5.73 Å². The standard InChI is InChI=1S/C19H29N3O3.ClH/c1-2-25-16-9-4-3-8-15(16)18(24)21-13-7-10-17(23)22-19(14-20)11-5-6-12-19;/h3-4,8-9H,2,5-7,10-14,20H2,1H3,(H,21,24)(H,22,23);1H. The number of para-hydroxylation sites is 1. The number of halogens is 1. The van der Waals surface area contributed by atoms with Gasteiger partial charge < -0.3 is 21.1 Å². The third-order valence-corrected chi connectivity index (χ3v) is 4.65. The van der Waals surface area contributed by atoms with E-state index in [9.17, 15) is 9.59 Å². The fourth-order valence-corrected chi connectivity index (χ4v) is 3.27. The van der Waals surface area contributed by atoms with Crippen LogP contribution in [0.2, 0.25) is 0 Å². The number of carbonyl (C=O) groups is 2. The minimum absolute atomic E-state index is 0. The van der Waals surface area contributed by atoms with Crippen LogP contribution in [0.1, 0.15) is 55.8 Å². The molecule has 1 aliphatic carbocycles. The van der Waals surface area contributed by atoms with Gasteiger partial charge in [0, 0.05) is 19.5 Å². The van der Waals surface area contributed by atoms with Crippen molar-refractivity contribution < 1.29 is 14.3 Å². The second-order valence-corrected chi connectivity index (χ2v) is 6.53. The molecule has 146 valence electrons. The second kappa shape index (κ2) is 11.0. The van der Waals surface area contributed by atoms with Gasteiger partial charge in [-0.3, -0.25) is 9.59 Å². The summed E-state index contributed by atoms with van der Waals surface area (Å²) in [7, 11) is 0. The molecule has 0 saturated heterocycles. The number of benzene rings is 1. The normalized spacial score (nSPS) is 15.0. The van der Waals surface area contributed by atoms with Crippen LogP contribution in [0.15, 0.2) is 24.3 Å². The van der Waals surface area contributed by atoms with Gasteiger partial charge in [-0.25, -0.2) is 0 Å². The van der Waals surface area contributed by atoms with Crippen LogP contribution in [0.3, 0.4) is 0 Å². The summed E-state index contributed by atoms with van der Waals surface area (Å²) < 4.78 is 5.46. The van der Waals surface area contributed by atoms with E-state index in [2.05, 4.69) is 10.6 Å². The number of hydrogen-bond acceptors (Lipinski definition) is 4. The zero-order chi connectivity index (χ0) is 18.1. The molecular formula is C19H30ClN3O3. The average Bonchev–Trinajstić information content (AvgIpc) is 3.08. The summed E-state index contributed by atoms with van der Waals surface area (Å²) >= 11 is 0. The molecule has 26 heavy (non-hydrogen) atoms. The SMILES string of the molecule is CCOc1ccccc1C(=O)NCCCC(=O)NC1(CN)CCCC1.Cl. The van der Waals surface area contributed by atoms with Gasteiger partial charge in [-0.2, -0.15) is 0 Å². The van der Waals surface area contributed by atoms with Crippen molar-refractivity contribution in [1.82, 2.24) is 10.6 Å². The third-order valence-electron chi connectivity index (χ3n) is 4.65. The molecule has 1 aromatic carbocycles. The molecule has 1 aromatic rings. The van der Waals surface area contributed by atoms with Gasteiger partial charge in [-0.15, -0.1) is 12.4 Å². The fraction of sp³-hybridized carbons (Fsp3) is 0.579. The molecule has 1 fully saturated rings. The van der Waals surface area contributed by atoms with E-state index in [-0.39, 0.29) is 29.8 Å². The minimum atomic E-state index is -0.212. The minimum Gasteiger partial charge on any atom is -0.493 e. The van der Waals surface area contributed by atoms with E-state index < -0.39 is 0 Å². The molecule has 2 amide bonds. The average molecular weight is 384 g/mol. The summed E-state index contributed by atoms with van der Waals surface area (Å²) in [5.74, 6) is 0.404. The molecular weight excluding hydrogens is 354 g/mol. The molecule has 0 spiro atoms. The van der Waals surface area contributed by atoms with Crippen LogP contribution >= 0.6 is 12.4 Å². The molecule has 1 aliphatic rings. The molecule has 0 aromatic heterocycles. The van der Waals surface area contributed by atoms with Crippen molar-refractivity contribution in [2.75, 3.05) is 19.7 Å². The van der Waals surface area contributed by atoms with Crippen molar-refractivity contribution in [3.63, 3.8) is 0 Å². The van der Waals surface area contributed by atoms with Crippen LogP contribution < -0.4 is 21.1 Å². The van der Waals surface area contributed by atoms with E-state index in [0.717, 1.165) is 25.7 Å². The Labute approximate surface area is 161 Å². The summed E-state index contributed by atoms with van der Waals surface area (Å²) in [6.45, 7) is 3.32. The fourth-order valence-electron chi connectivity index (χ4n) is 3.27. The van der Waals surface area contributed by atoms with Crippen molar-refractivity contribution in [3.05, 3.63) is 29.8 Å². The highest BCUT2D eigenvalue weighted by Crippen LogP contribution is 2.28. The van der Waals surface area contributed by atoms with Gasteiger partial charge in [0.25, 0.3) is 5.91 Å². The van der Waals surface area contributed by atoms with E-state index in [1.165, 1.54) is 0 Å². The van der Waals surface area contributed by atoms with Crippen molar-refractivity contribution >= 4 is 24.2 Å². The number of hydrogen-bond donors (Lipinski definition) is 3. The lowest BCUT2D eigenvalue weighted by Crippen LogP contribution is -2.51. The molecule has 7 heteroatoms. The quantitative estimate of drug-likeness (QED) is 0.571. The number of ether oxygens (including phenoxy) is 1. The Morgan fingerprint density at radius 3 is 2.58 bits per heavy atom. The van der Waals surface area contributed by atoms with Crippen LogP contribution in [-0.4, -0.2) is 37.0 Å².